The van der Waals surface area contributed by atoms with Crippen molar-refractivity contribution in [1.82, 2.24) is 15.1 Å². The smallest absolute Gasteiger partial charge is 0.0476 e. The second kappa shape index (κ2) is 8.20. The summed E-state index contributed by atoms with van der Waals surface area (Å²) in [5.74, 6) is 0. The minimum absolute atomic E-state index is 0.227. The molecule has 3 heteroatoms. The van der Waals surface area contributed by atoms with Gasteiger partial charge in [0.1, 0.15) is 0 Å². The van der Waals surface area contributed by atoms with Crippen LogP contribution in [0.2, 0.25) is 0 Å². The van der Waals surface area contributed by atoms with Crippen LogP contribution in [0, 0.1) is 0 Å². The number of hydrogen-bond donors (Lipinski definition) is 1. The Kier molecular flexibility index (Phi) is 6.19. The molecular weight excluding hydrogens is 306 g/mol. The fraction of sp³-hybridized carbons (Fsp3) is 0.727. The molecule has 0 radical (unpaired) electrons. The summed E-state index contributed by atoms with van der Waals surface area (Å²) < 4.78 is 0. The maximum atomic E-state index is 3.60. The first-order valence-corrected chi connectivity index (χ1v) is 10.2. The van der Waals surface area contributed by atoms with Crippen LogP contribution >= 0.6 is 0 Å². The van der Waals surface area contributed by atoms with Crippen LogP contribution in [0.15, 0.2) is 24.3 Å². The molecule has 2 saturated heterocycles. The molecule has 2 aliphatic heterocycles. The first-order chi connectivity index (χ1) is 11.9. The molecule has 25 heavy (non-hydrogen) atoms. The van der Waals surface area contributed by atoms with E-state index in [1.54, 1.807) is 0 Å². The Bertz CT molecular complexity index is 525. The van der Waals surface area contributed by atoms with E-state index in [0.717, 1.165) is 19.6 Å². The van der Waals surface area contributed by atoms with Gasteiger partial charge in [-0.3, -0.25) is 4.90 Å². The number of hydrogen-bond acceptors (Lipinski definition) is 3. The van der Waals surface area contributed by atoms with Gasteiger partial charge in [0.25, 0.3) is 0 Å². The van der Waals surface area contributed by atoms with Gasteiger partial charge in [-0.2, -0.15) is 0 Å². The number of nitrogens with zero attached hydrogens (tertiary/aromatic N) is 2. The van der Waals surface area contributed by atoms with Crippen molar-refractivity contribution in [3.05, 3.63) is 35.4 Å². The van der Waals surface area contributed by atoms with E-state index in [2.05, 4.69) is 67.1 Å². The molecule has 0 amide bonds. The first-order valence-electron chi connectivity index (χ1n) is 10.2. The van der Waals surface area contributed by atoms with E-state index in [1.807, 2.05) is 0 Å². The Labute approximate surface area is 154 Å². The average Bonchev–Trinajstić information content (AvgIpc) is 2.60. The zero-order valence-electron chi connectivity index (χ0n) is 16.7. The molecule has 1 aromatic rings. The minimum Gasteiger partial charge on any atom is -0.312 e. The SMILES string of the molecule is CC1CN(C(CN2CCCCC2)c2ccc(C(C)(C)C)cc2)CCN1. The van der Waals surface area contributed by atoms with Gasteiger partial charge in [-0.1, -0.05) is 51.5 Å². The van der Waals surface area contributed by atoms with Gasteiger partial charge in [-0.05, 0) is 49.4 Å². The van der Waals surface area contributed by atoms with Gasteiger partial charge < -0.3 is 10.2 Å². The highest BCUT2D eigenvalue weighted by molar-refractivity contribution is 5.29. The molecule has 0 spiro atoms. The summed E-state index contributed by atoms with van der Waals surface area (Å²) in [6.07, 6.45) is 4.15. The molecule has 2 aliphatic rings. The molecule has 1 aromatic carbocycles. The van der Waals surface area contributed by atoms with Crippen molar-refractivity contribution in [3.63, 3.8) is 0 Å². The average molecular weight is 344 g/mol. The molecule has 0 saturated carbocycles. The molecule has 2 unspecified atom stereocenters. The van der Waals surface area contributed by atoms with Crippen molar-refractivity contribution in [3.8, 4) is 0 Å². The van der Waals surface area contributed by atoms with Crippen molar-refractivity contribution < 1.29 is 0 Å². The fourth-order valence-electron chi connectivity index (χ4n) is 4.27. The van der Waals surface area contributed by atoms with Crippen molar-refractivity contribution in [2.45, 2.75) is 64.5 Å². The molecule has 140 valence electrons. The molecule has 3 rings (SSSR count). The van der Waals surface area contributed by atoms with E-state index in [9.17, 15) is 0 Å². The highest BCUT2D eigenvalue weighted by atomic mass is 15.3. The zero-order valence-corrected chi connectivity index (χ0v) is 16.7. The van der Waals surface area contributed by atoms with Gasteiger partial charge in [-0.25, -0.2) is 0 Å². The second-order valence-corrected chi connectivity index (χ2v) is 9.10. The Hall–Kier alpha value is -0.900. The molecule has 2 atom stereocenters. The highest BCUT2D eigenvalue weighted by Gasteiger charge is 2.27. The van der Waals surface area contributed by atoms with Gasteiger partial charge in [0.05, 0.1) is 0 Å². The third-order valence-electron chi connectivity index (χ3n) is 5.88. The fourth-order valence-corrected chi connectivity index (χ4v) is 4.27. The zero-order chi connectivity index (χ0) is 17.9. The number of rotatable bonds is 4. The second-order valence-electron chi connectivity index (χ2n) is 9.10. The third kappa shape index (κ3) is 5.06. The molecule has 0 bridgehead atoms. The molecule has 0 aliphatic carbocycles. The Morgan fingerprint density at radius 2 is 1.72 bits per heavy atom. The maximum Gasteiger partial charge on any atom is 0.0476 e. The summed E-state index contributed by atoms with van der Waals surface area (Å²) in [6, 6.07) is 10.6. The molecule has 1 N–H and O–H groups in total. The van der Waals surface area contributed by atoms with E-state index >= 15 is 0 Å². The van der Waals surface area contributed by atoms with E-state index in [0.29, 0.717) is 12.1 Å². The third-order valence-corrected chi connectivity index (χ3v) is 5.88. The standard InChI is InChI=1S/C22H37N3/c1-18-16-25(15-12-23-18)21(17-24-13-6-5-7-14-24)19-8-10-20(11-9-19)22(2,3)4/h8-11,18,21,23H,5-7,12-17H2,1-4H3. The van der Waals surface area contributed by atoms with Crippen LogP contribution in [-0.2, 0) is 5.41 Å². The minimum atomic E-state index is 0.227. The Balaban J connectivity index is 1.79. The van der Waals surface area contributed by atoms with Crippen LogP contribution in [0.4, 0.5) is 0 Å². The largest absolute Gasteiger partial charge is 0.312 e. The van der Waals surface area contributed by atoms with Crippen LogP contribution < -0.4 is 5.32 Å². The van der Waals surface area contributed by atoms with E-state index in [4.69, 9.17) is 0 Å². The van der Waals surface area contributed by atoms with Crippen LogP contribution in [0.5, 0.6) is 0 Å². The van der Waals surface area contributed by atoms with Crippen LogP contribution in [-0.4, -0.2) is 55.1 Å². The monoisotopic (exact) mass is 343 g/mol. The summed E-state index contributed by atoms with van der Waals surface area (Å²) in [6.45, 7) is 16.4. The van der Waals surface area contributed by atoms with E-state index in [-0.39, 0.29) is 5.41 Å². The topological polar surface area (TPSA) is 18.5 Å². The number of piperidine rings is 1. The van der Waals surface area contributed by atoms with Crippen molar-refractivity contribution in [2.75, 3.05) is 39.3 Å². The molecule has 3 nitrogen and oxygen atoms in total. The summed E-state index contributed by atoms with van der Waals surface area (Å²) in [7, 11) is 0. The van der Waals surface area contributed by atoms with Gasteiger partial charge in [0.2, 0.25) is 0 Å². The lowest BCUT2D eigenvalue weighted by Gasteiger charge is -2.41. The molecule has 2 fully saturated rings. The highest BCUT2D eigenvalue weighted by Crippen LogP contribution is 2.28. The van der Waals surface area contributed by atoms with Gasteiger partial charge >= 0.3 is 0 Å². The normalized spacial score (nSPS) is 25.0. The number of benzene rings is 1. The van der Waals surface area contributed by atoms with Gasteiger partial charge in [0, 0.05) is 38.3 Å². The lowest BCUT2D eigenvalue weighted by atomic mass is 9.86. The summed E-state index contributed by atoms with van der Waals surface area (Å²) in [4.78, 5) is 5.40. The summed E-state index contributed by atoms with van der Waals surface area (Å²) in [5.41, 5.74) is 3.15. The molecule has 0 aromatic heterocycles. The van der Waals surface area contributed by atoms with Crippen molar-refractivity contribution in [2.24, 2.45) is 0 Å². The van der Waals surface area contributed by atoms with Gasteiger partial charge in [0.15, 0.2) is 0 Å². The predicted octanol–water partition coefficient (Wildman–Crippen LogP) is 3.80. The number of nitrogens with one attached hydrogen (secondary N) is 1. The molecule has 2 heterocycles. The number of likely N-dealkylation sites (tertiary alicyclic amines) is 1. The Morgan fingerprint density at radius 3 is 2.32 bits per heavy atom. The van der Waals surface area contributed by atoms with E-state index in [1.165, 1.54) is 50.0 Å². The predicted molar refractivity (Wildman–Crippen MR) is 107 cm³/mol. The summed E-state index contributed by atoms with van der Waals surface area (Å²) >= 11 is 0. The van der Waals surface area contributed by atoms with Crippen molar-refractivity contribution in [1.29, 1.82) is 0 Å². The van der Waals surface area contributed by atoms with Crippen LogP contribution in [0.1, 0.15) is 64.1 Å². The van der Waals surface area contributed by atoms with Crippen LogP contribution in [0.25, 0.3) is 0 Å². The van der Waals surface area contributed by atoms with Crippen LogP contribution in [0.3, 0.4) is 0 Å². The Morgan fingerprint density at radius 1 is 1.04 bits per heavy atom. The first kappa shape index (κ1) is 18.9. The van der Waals surface area contributed by atoms with Crippen molar-refractivity contribution >= 4 is 0 Å². The summed E-state index contributed by atoms with van der Waals surface area (Å²) in [5, 5.41) is 3.60. The number of piperazine rings is 1. The quantitative estimate of drug-likeness (QED) is 0.897. The lowest BCUT2D eigenvalue weighted by Crippen LogP contribution is -2.52. The lowest BCUT2D eigenvalue weighted by molar-refractivity contribution is 0.100. The molecular formula is C22H37N3. The van der Waals surface area contributed by atoms with E-state index < -0.39 is 0 Å². The maximum absolute atomic E-state index is 3.60. The van der Waals surface area contributed by atoms with Gasteiger partial charge in [-0.15, -0.1) is 0 Å².